The molecule has 0 radical (unpaired) electrons. The lowest BCUT2D eigenvalue weighted by Crippen LogP contribution is -2.24. The lowest BCUT2D eigenvalue weighted by molar-refractivity contribution is -0.142. The average molecular weight is 485 g/mol. The van der Waals surface area contributed by atoms with Crippen molar-refractivity contribution in [3.8, 4) is 17.2 Å². The minimum atomic E-state index is -0.372. The van der Waals surface area contributed by atoms with E-state index in [1.165, 1.54) is 19.8 Å². The van der Waals surface area contributed by atoms with Crippen molar-refractivity contribution < 1.29 is 14.3 Å². The molecule has 1 amide bonds. The molecule has 6 rings (SSSR count). The number of carbonyl (C=O) groups is 2. The zero-order chi connectivity index (χ0) is 24.8. The average Bonchev–Trinajstić information content (AvgIpc) is 3.29. The highest BCUT2D eigenvalue weighted by Crippen LogP contribution is 2.39. The monoisotopic (exact) mass is 484 g/mol. The maximum atomic E-state index is 13.4. The van der Waals surface area contributed by atoms with Crippen molar-refractivity contribution in [1.82, 2.24) is 34.7 Å². The van der Waals surface area contributed by atoms with Gasteiger partial charge in [0.05, 0.1) is 24.6 Å². The van der Waals surface area contributed by atoms with Crippen molar-refractivity contribution in [2.45, 2.75) is 45.2 Å². The van der Waals surface area contributed by atoms with Crippen LogP contribution in [0.4, 0.5) is 5.82 Å². The molecular formula is C25H24N8O3. The van der Waals surface area contributed by atoms with Gasteiger partial charge in [0.25, 0.3) is 5.91 Å². The summed E-state index contributed by atoms with van der Waals surface area (Å²) in [5, 5.41) is 11.9. The molecule has 3 aromatic heterocycles. The standard InChI is InChI=1S/C25H24N8O3/c1-15(13-36-16(2)34)33-24(28-29-30-33)21-4-3-5-23(27-21)32-11-18-8-9-19(10-20(18)25(32)35)31-12-22(26-14-31)17-6-7-17/h3-5,8-10,12,14-15,17H,6-7,11,13H2,1-2H3/t15-/m1/s1. The van der Waals surface area contributed by atoms with Gasteiger partial charge in [-0.1, -0.05) is 12.1 Å². The number of nitrogens with zero attached hydrogens (tertiary/aromatic N) is 8. The van der Waals surface area contributed by atoms with Gasteiger partial charge in [0.1, 0.15) is 18.1 Å². The minimum Gasteiger partial charge on any atom is -0.464 e. The third-order valence-corrected chi connectivity index (χ3v) is 6.47. The van der Waals surface area contributed by atoms with Crippen molar-refractivity contribution in [3.63, 3.8) is 0 Å². The van der Waals surface area contributed by atoms with E-state index in [2.05, 4.69) is 20.5 Å². The lowest BCUT2D eigenvalue weighted by Gasteiger charge is -2.16. The van der Waals surface area contributed by atoms with Crippen molar-refractivity contribution in [2.75, 3.05) is 11.5 Å². The third-order valence-electron chi connectivity index (χ3n) is 6.47. The van der Waals surface area contributed by atoms with Gasteiger partial charge in [-0.25, -0.2) is 14.6 Å². The second-order valence-corrected chi connectivity index (χ2v) is 9.19. The lowest BCUT2D eigenvalue weighted by atomic mass is 10.1. The van der Waals surface area contributed by atoms with Gasteiger partial charge in [-0.2, -0.15) is 0 Å². The highest BCUT2D eigenvalue weighted by atomic mass is 16.5. The van der Waals surface area contributed by atoms with E-state index in [4.69, 9.17) is 9.72 Å². The summed E-state index contributed by atoms with van der Waals surface area (Å²) < 4.78 is 8.63. The maximum absolute atomic E-state index is 13.4. The van der Waals surface area contributed by atoms with E-state index < -0.39 is 0 Å². The Bertz CT molecular complexity index is 1470. The predicted octanol–water partition coefficient (Wildman–Crippen LogP) is 3.08. The number of amides is 1. The molecule has 1 atom stereocenters. The van der Waals surface area contributed by atoms with Gasteiger partial charge in [0.15, 0.2) is 0 Å². The van der Waals surface area contributed by atoms with Crippen LogP contribution in [0.1, 0.15) is 60.3 Å². The number of benzene rings is 1. The fourth-order valence-corrected chi connectivity index (χ4v) is 4.37. The largest absolute Gasteiger partial charge is 0.464 e. The van der Waals surface area contributed by atoms with Crippen LogP contribution in [0.15, 0.2) is 48.9 Å². The van der Waals surface area contributed by atoms with Crippen LogP contribution >= 0.6 is 0 Å². The molecule has 1 fully saturated rings. The molecule has 0 saturated heterocycles. The van der Waals surface area contributed by atoms with Crippen LogP contribution in [0.25, 0.3) is 17.2 Å². The number of aromatic nitrogens is 7. The molecule has 4 heterocycles. The first-order chi connectivity index (χ1) is 17.5. The highest BCUT2D eigenvalue weighted by molar-refractivity contribution is 6.09. The van der Waals surface area contributed by atoms with E-state index in [1.54, 1.807) is 21.7 Å². The molecule has 4 aromatic rings. The molecule has 1 aliphatic heterocycles. The number of tetrazole rings is 1. The molecule has 11 nitrogen and oxygen atoms in total. The van der Waals surface area contributed by atoms with E-state index in [-0.39, 0.29) is 24.5 Å². The van der Waals surface area contributed by atoms with Gasteiger partial charge in [-0.15, -0.1) is 5.10 Å². The van der Waals surface area contributed by atoms with E-state index in [1.807, 2.05) is 48.3 Å². The molecule has 182 valence electrons. The molecule has 0 N–H and O–H groups in total. The van der Waals surface area contributed by atoms with Crippen LogP contribution in [-0.4, -0.2) is 53.2 Å². The number of esters is 1. The Labute approximate surface area is 206 Å². The summed E-state index contributed by atoms with van der Waals surface area (Å²) >= 11 is 0. The van der Waals surface area contributed by atoms with Crippen molar-refractivity contribution >= 4 is 17.7 Å². The van der Waals surface area contributed by atoms with Crippen molar-refractivity contribution in [2.24, 2.45) is 0 Å². The Morgan fingerprint density at radius 1 is 1.22 bits per heavy atom. The molecule has 1 aliphatic carbocycles. The molecule has 2 aliphatic rings. The zero-order valence-corrected chi connectivity index (χ0v) is 19.9. The van der Waals surface area contributed by atoms with Crippen LogP contribution in [0.2, 0.25) is 0 Å². The first-order valence-electron chi connectivity index (χ1n) is 11.9. The minimum absolute atomic E-state index is 0.109. The van der Waals surface area contributed by atoms with E-state index >= 15 is 0 Å². The molecule has 1 aromatic carbocycles. The van der Waals surface area contributed by atoms with Crippen LogP contribution in [0, 0.1) is 0 Å². The summed E-state index contributed by atoms with van der Waals surface area (Å²) in [5.74, 6) is 1.03. The van der Waals surface area contributed by atoms with Crippen LogP contribution in [-0.2, 0) is 16.1 Å². The number of rotatable bonds is 7. The Morgan fingerprint density at radius 2 is 2.08 bits per heavy atom. The van der Waals surface area contributed by atoms with Crippen molar-refractivity contribution in [3.05, 3.63) is 65.7 Å². The Balaban J connectivity index is 1.25. The maximum Gasteiger partial charge on any atom is 0.302 e. The fourth-order valence-electron chi connectivity index (χ4n) is 4.37. The van der Waals surface area contributed by atoms with Gasteiger partial charge < -0.3 is 9.30 Å². The van der Waals surface area contributed by atoms with Crippen LogP contribution < -0.4 is 4.90 Å². The summed E-state index contributed by atoms with van der Waals surface area (Å²) in [4.78, 5) is 35.4. The number of ether oxygens (including phenoxy) is 1. The number of anilines is 1. The summed E-state index contributed by atoms with van der Waals surface area (Å²) in [7, 11) is 0. The molecule has 0 spiro atoms. The first kappa shape index (κ1) is 22.1. The SMILES string of the molecule is CC(=O)OC[C@@H](C)n1nnnc1-c1cccc(N2Cc3ccc(-n4cnc(C5CC5)c4)cc3C2=O)n1. The number of imidazole rings is 1. The number of carbonyl (C=O) groups excluding carboxylic acids is 2. The number of pyridine rings is 1. The Hall–Kier alpha value is -4.41. The van der Waals surface area contributed by atoms with E-state index in [0.717, 1.165) is 16.9 Å². The van der Waals surface area contributed by atoms with Crippen LogP contribution in [0.3, 0.4) is 0 Å². The van der Waals surface area contributed by atoms with Gasteiger partial charge in [0, 0.05) is 30.3 Å². The number of hydrogen-bond acceptors (Lipinski definition) is 8. The Kier molecular flexibility index (Phi) is 5.32. The van der Waals surface area contributed by atoms with E-state index in [9.17, 15) is 9.59 Å². The quantitative estimate of drug-likeness (QED) is 0.367. The first-order valence-corrected chi connectivity index (χ1v) is 11.9. The topological polar surface area (TPSA) is 121 Å². The van der Waals surface area contributed by atoms with E-state index in [0.29, 0.717) is 35.4 Å². The number of fused-ring (bicyclic) bond motifs is 1. The van der Waals surface area contributed by atoms with Gasteiger partial charge in [-0.3, -0.25) is 14.5 Å². The zero-order valence-electron chi connectivity index (χ0n) is 19.9. The fraction of sp³-hybridized carbons (Fsp3) is 0.320. The van der Waals surface area contributed by atoms with Crippen LogP contribution in [0.5, 0.6) is 0 Å². The predicted molar refractivity (Wildman–Crippen MR) is 128 cm³/mol. The van der Waals surface area contributed by atoms with Crippen molar-refractivity contribution in [1.29, 1.82) is 0 Å². The molecule has 11 heteroatoms. The third kappa shape index (κ3) is 4.02. The Morgan fingerprint density at radius 3 is 2.89 bits per heavy atom. The van der Waals surface area contributed by atoms with Gasteiger partial charge >= 0.3 is 5.97 Å². The summed E-state index contributed by atoms with van der Waals surface area (Å²) in [6, 6.07) is 11.0. The smallest absolute Gasteiger partial charge is 0.302 e. The highest BCUT2D eigenvalue weighted by Gasteiger charge is 2.31. The second-order valence-electron chi connectivity index (χ2n) is 9.19. The summed E-state index contributed by atoms with van der Waals surface area (Å²) in [5.41, 5.74) is 4.13. The summed E-state index contributed by atoms with van der Waals surface area (Å²) in [6.45, 7) is 3.76. The molecule has 1 saturated carbocycles. The molecular weight excluding hydrogens is 460 g/mol. The number of hydrogen-bond donors (Lipinski definition) is 0. The second kappa shape index (κ2) is 8.67. The van der Waals surface area contributed by atoms with Gasteiger partial charge in [-0.05, 0) is 60.0 Å². The normalized spacial score (nSPS) is 15.7. The molecule has 0 unspecified atom stereocenters. The summed E-state index contributed by atoms with van der Waals surface area (Å²) in [6.07, 6.45) is 6.24. The molecule has 36 heavy (non-hydrogen) atoms. The molecule has 0 bridgehead atoms. The van der Waals surface area contributed by atoms with Gasteiger partial charge in [0.2, 0.25) is 5.82 Å².